The number of hydrogen-bond donors (Lipinski definition) is 2. The summed E-state index contributed by atoms with van der Waals surface area (Å²) in [6.07, 6.45) is 0. The van der Waals surface area contributed by atoms with E-state index in [9.17, 15) is 19.7 Å². The van der Waals surface area contributed by atoms with Crippen LogP contribution in [-0.4, -0.2) is 23.3 Å². The number of anilines is 1. The minimum atomic E-state index is -0.549. The van der Waals surface area contributed by atoms with E-state index in [0.717, 1.165) is 0 Å². The molecule has 2 amide bonds. The van der Waals surface area contributed by atoms with Gasteiger partial charge >= 0.3 is 0 Å². The fraction of sp³-hybridized carbons (Fsp3) is 0.0667. The smallest absolute Gasteiger partial charge is 0.271 e. The molecular formula is C15H13N3O4. The number of nitro benzene ring substituents is 1. The second-order valence-electron chi connectivity index (χ2n) is 4.40. The van der Waals surface area contributed by atoms with Crippen molar-refractivity contribution in [2.24, 2.45) is 0 Å². The van der Waals surface area contributed by atoms with Gasteiger partial charge in [0.1, 0.15) is 0 Å². The molecule has 2 aromatic carbocycles. The monoisotopic (exact) mass is 299 g/mol. The van der Waals surface area contributed by atoms with Crippen LogP contribution >= 0.6 is 0 Å². The van der Waals surface area contributed by atoms with Gasteiger partial charge in [-0.15, -0.1) is 0 Å². The van der Waals surface area contributed by atoms with Crippen molar-refractivity contribution < 1.29 is 14.5 Å². The Labute approximate surface area is 126 Å². The summed E-state index contributed by atoms with van der Waals surface area (Å²) in [6.45, 7) is -0.226. The maximum atomic E-state index is 11.8. The fourth-order valence-electron chi connectivity index (χ4n) is 1.75. The Hall–Kier alpha value is -3.22. The lowest BCUT2D eigenvalue weighted by atomic mass is 10.2. The van der Waals surface area contributed by atoms with E-state index in [1.165, 1.54) is 24.3 Å². The van der Waals surface area contributed by atoms with Crippen LogP contribution in [0.15, 0.2) is 54.6 Å². The first-order valence-electron chi connectivity index (χ1n) is 6.44. The third kappa shape index (κ3) is 4.14. The van der Waals surface area contributed by atoms with Crippen molar-refractivity contribution in [1.29, 1.82) is 0 Å². The van der Waals surface area contributed by atoms with Crippen molar-refractivity contribution in [3.8, 4) is 0 Å². The molecule has 0 spiro atoms. The SMILES string of the molecule is O=C(CNC(=O)c1ccccc1)Nc1cccc([N+](=O)[O-])c1. The molecule has 0 saturated carbocycles. The maximum absolute atomic E-state index is 11.8. The van der Waals surface area contributed by atoms with Gasteiger partial charge in [-0.3, -0.25) is 19.7 Å². The van der Waals surface area contributed by atoms with E-state index in [-0.39, 0.29) is 18.1 Å². The van der Waals surface area contributed by atoms with E-state index < -0.39 is 10.8 Å². The molecule has 112 valence electrons. The van der Waals surface area contributed by atoms with Crippen molar-refractivity contribution in [3.63, 3.8) is 0 Å². The molecule has 0 radical (unpaired) electrons. The number of hydrogen-bond acceptors (Lipinski definition) is 4. The molecule has 0 atom stereocenters. The van der Waals surface area contributed by atoms with Crippen LogP contribution in [0.1, 0.15) is 10.4 Å². The highest BCUT2D eigenvalue weighted by Gasteiger charge is 2.10. The topological polar surface area (TPSA) is 101 Å². The molecule has 2 N–H and O–H groups in total. The van der Waals surface area contributed by atoms with Crippen molar-refractivity contribution in [3.05, 3.63) is 70.3 Å². The zero-order valence-corrected chi connectivity index (χ0v) is 11.5. The summed E-state index contributed by atoms with van der Waals surface area (Å²) < 4.78 is 0. The van der Waals surface area contributed by atoms with Gasteiger partial charge in [0.25, 0.3) is 11.6 Å². The van der Waals surface area contributed by atoms with Crippen molar-refractivity contribution >= 4 is 23.2 Å². The minimum Gasteiger partial charge on any atom is -0.343 e. The Kier molecular flexibility index (Phi) is 4.81. The van der Waals surface area contributed by atoms with Gasteiger partial charge in [0.15, 0.2) is 0 Å². The number of carbonyl (C=O) groups is 2. The van der Waals surface area contributed by atoms with Gasteiger partial charge in [-0.25, -0.2) is 0 Å². The largest absolute Gasteiger partial charge is 0.343 e. The lowest BCUT2D eigenvalue weighted by Crippen LogP contribution is -2.32. The van der Waals surface area contributed by atoms with E-state index in [1.807, 2.05) is 0 Å². The highest BCUT2D eigenvalue weighted by atomic mass is 16.6. The molecule has 7 heteroatoms. The number of nitro groups is 1. The number of nitrogens with zero attached hydrogens (tertiary/aromatic N) is 1. The number of rotatable bonds is 5. The molecule has 0 aliphatic carbocycles. The van der Waals surface area contributed by atoms with Crippen LogP contribution in [0.5, 0.6) is 0 Å². The molecule has 0 unspecified atom stereocenters. The predicted octanol–water partition coefficient (Wildman–Crippen LogP) is 1.96. The molecule has 2 rings (SSSR count). The minimum absolute atomic E-state index is 0.119. The molecule has 0 bridgehead atoms. The summed E-state index contributed by atoms with van der Waals surface area (Å²) in [6, 6.07) is 14.1. The summed E-state index contributed by atoms with van der Waals surface area (Å²) >= 11 is 0. The molecule has 0 aliphatic rings. The Balaban J connectivity index is 1.89. The highest BCUT2D eigenvalue weighted by molar-refractivity contribution is 5.99. The van der Waals surface area contributed by atoms with E-state index in [4.69, 9.17) is 0 Å². The second kappa shape index (κ2) is 6.98. The van der Waals surface area contributed by atoms with Crippen LogP contribution in [0.2, 0.25) is 0 Å². The van der Waals surface area contributed by atoms with Gasteiger partial charge in [0.2, 0.25) is 5.91 Å². The number of non-ortho nitro benzene ring substituents is 1. The van der Waals surface area contributed by atoms with Gasteiger partial charge in [0.05, 0.1) is 11.5 Å². The zero-order chi connectivity index (χ0) is 15.9. The number of nitrogens with one attached hydrogen (secondary N) is 2. The van der Waals surface area contributed by atoms with Crippen LogP contribution in [-0.2, 0) is 4.79 Å². The molecule has 0 saturated heterocycles. The Bertz CT molecular complexity index is 701. The lowest BCUT2D eigenvalue weighted by molar-refractivity contribution is -0.384. The molecule has 0 heterocycles. The first-order chi connectivity index (χ1) is 10.6. The number of benzene rings is 2. The predicted molar refractivity (Wildman–Crippen MR) is 80.5 cm³/mol. The highest BCUT2D eigenvalue weighted by Crippen LogP contribution is 2.16. The summed E-state index contributed by atoms with van der Waals surface area (Å²) in [7, 11) is 0. The van der Waals surface area contributed by atoms with Gasteiger partial charge in [-0.05, 0) is 18.2 Å². The van der Waals surface area contributed by atoms with Crippen LogP contribution in [0, 0.1) is 10.1 Å². The molecule has 0 aromatic heterocycles. The van der Waals surface area contributed by atoms with Crippen LogP contribution in [0.4, 0.5) is 11.4 Å². The maximum Gasteiger partial charge on any atom is 0.271 e. The van der Waals surface area contributed by atoms with Gasteiger partial charge in [-0.2, -0.15) is 0 Å². The summed E-state index contributed by atoms with van der Waals surface area (Å²) in [5.74, 6) is -0.834. The van der Waals surface area contributed by atoms with Gasteiger partial charge < -0.3 is 10.6 Å². The molecular weight excluding hydrogens is 286 g/mol. The molecule has 22 heavy (non-hydrogen) atoms. The van der Waals surface area contributed by atoms with Gasteiger partial charge in [0, 0.05) is 23.4 Å². The average molecular weight is 299 g/mol. The molecule has 2 aromatic rings. The van der Waals surface area contributed by atoms with E-state index in [2.05, 4.69) is 10.6 Å². The molecule has 0 fully saturated rings. The average Bonchev–Trinajstić information content (AvgIpc) is 2.53. The normalized spacial score (nSPS) is 9.82. The molecule has 0 aliphatic heterocycles. The standard InChI is InChI=1S/C15H13N3O4/c19-14(10-16-15(20)11-5-2-1-3-6-11)17-12-7-4-8-13(9-12)18(21)22/h1-9H,10H2,(H,16,20)(H,17,19). The van der Waals surface area contributed by atoms with Crippen molar-refractivity contribution in [2.45, 2.75) is 0 Å². The Morgan fingerprint density at radius 3 is 2.45 bits per heavy atom. The lowest BCUT2D eigenvalue weighted by Gasteiger charge is -2.07. The van der Waals surface area contributed by atoms with E-state index in [0.29, 0.717) is 11.3 Å². The van der Waals surface area contributed by atoms with Gasteiger partial charge in [-0.1, -0.05) is 24.3 Å². The van der Waals surface area contributed by atoms with Crippen molar-refractivity contribution in [1.82, 2.24) is 5.32 Å². The Morgan fingerprint density at radius 2 is 1.77 bits per heavy atom. The van der Waals surface area contributed by atoms with Crippen LogP contribution in [0.3, 0.4) is 0 Å². The first kappa shape index (κ1) is 15.2. The first-order valence-corrected chi connectivity index (χ1v) is 6.44. The zero-order valence-electron chi connectivity index (χ0n) is 11.5. The van der Waals surface area contributed by atoms with Crippen molar-refractivity contribution in [2.75, 3.05) is 11.9 Å². The fourth-order valence-corrected chi connectivity index (χ4v) is 1.75. The number of carbonyl (C=O) groups excluding carboxylic acids is 2. The summed E-state index contributed by atoms with van der Waals surface area (Å²) in [4.78, 5) is 33.6. The number of amides is 2. The second-order valence-corrected chi connectivity index (χ2v) is 4.40. The van der Waals surface area contributed by atoms with E-state index in [1.54, 1.807) is 30.3 Å². The summed E-state index contributed by atoms with van der Waals surface area (Å²) in [5.41, 5.74) is 0.630. The molecule has 7 nitrogen and oxygen atoms in total. The summed E-state index contributed by atoms with van der Waals surface area (Å²) in [5, 5.41) is 15.6. The Morgan fingerprint density at radius 1 is 1.05 bits per heavy atom. The quantitative estimate of drug-likeness (QED) is 0.651. The van der Waals surface area contributed by atoms with Crippen LogP contribution in [0.25, 0.3) is 0 Å². The van der Waals surface area contributed by atoms with Crippen LogP contribution < -0.4 is 10.6 Å². The third-order valence-electron chi connectivity index (χ3n) is 2.79. The van der Waals surface area contributed by atoms with E-state index >= 15 is 0 Å². The third-order valence-corrected chi connectivity index (χ3v) is 2.79.